The molecule has 146 valence electrons. The van der Waals surface area contributed by atoms with Crippen molar-refractivity contribution in [2.75, 3.05) is 13.1 Å². The Morgan fingerprint density at radius 2 is 2.11 bits per heavy atom. The Morgan fingerprint density at radius 3 is 2.81 bits per heavy atom. The highest BCUT2D eigenvalue weighted by Crippen LogP contribution is 2.31. The van der Waals surface area contributed by atoms with E-state index >= 15 is 0 Å². The van der Waals surface area contributed by atoms with Gasteiger partial charge < -0.3 is 14.0 Å². The largest absolute Gasteiger partial charge is 0.361 e. The number of likely N-dealkylation sites (tertiary alicyclic amines) is 1. The van der Waals surface area contributed by atoms with Crippen molar-refractivity contribution in [3.63, 3.8) is 0 Å². The molecule has 27 heavy (non-hydrogen) atoms. The number of aryl methyl sites for hydroxylation is 2. The standard InChI is InChI=1S/C21H30N4O2/c1-15-19(16(2)27-23-15)8-9-20(26)24-11-4-7-18(14-24)21-22-10-12-25(21)13-17-5-3-6-17/h10,12,17-18H,3-9,11,13-14H2,1-2H3. The SMILES string of the molecule is Cc1noc(C)c1CCC(=O)N1CCCC(c2nccn2CC2CCC2)C1. The van der Waals surface area contributed by atoms with Crippen LogP contribution < -0.4 is 0 Å². The molecule has 0 radical (unpaired) electrons. The normalized spacial score (nSPS) is 20.7. The zero-order valence-corrected chi connectivity index (χ0v) is 16.5. The van der Waals surface area contributed by atoms with Crippen molar-refractivity contribution in [2.24, 2.45) is 5.92 Å². The lowest BCUT2D eigenvalue weighted by Gasteiger charge is -2.34. The van der Waals surface area contributed by atoms with Crippen LogP contribution in [0.25, 0.3) is 0 Å². The molecule has 3 heterocycles. The van der Waals surface area contributed by atoms with Gasteiger partial charge in [-0.3, -0.25) is 4.79 Å². The van der Waals surface area contributed by atoms with Crippen LogP contribution >= 0.6 is 0 Å². The Morgan fingerprint density at radius 1 is 1.26 bits per heavy atom. The predicted octanol–water partition coefficient (Wildman–Crippen LogP) is 3.63. The number of aromatic nitrogens is 3. The molecule has 1 saturated carbocycles. The van der Waals surface area contributed by atoms with E-state index in [1.165, 1.54) is 25.1 Å². The Bertz CT molecular complexity index is 770. The average Bonchev–Trinajstić information content (AvgIpc) is 3.23. The van der Waals surface area contributed by atoms with E-state index in [0.717, 1.165) is 55.4 Å². The summed E-state index contributed by atoms with van der Waals surface area (Å²) in [5, 5.41) is 3.99. The Labute approximate surface area is 160 Å². The van der Waals surface area contributed by atoms with Gasteiger partial charge in [-0.25, -0.2) is 4.98 Å². The predicted molar refractivity (Wildman–Crippen MR) is 102 cm³/mol. The van der Waals surface area contributed by atoms with Gasteiger partial charge in [-0.15, -0.1) is 0 Å². The van der Waals surface area contributed by atoms with Gasteiger partial charge in [-0.05, 0) is 51.9 Å². The van der Waals surface area contributed by atoms with E-state index in [2.05, 4.69) is 20.9 Å². The van der Waals surface area contributed by atoms with Crippen molar-refractivity contribution < 1.29 is 9.32 Å². The fraction of sp³-hybridized carbons (Fsp3) is 0.667. The van der Waals surface area contributed by atoms with Crippen LogP contribution in [0.3, 0.4) is 0 Å². The van der Waals surface area contributed by atoms with Crippen LogP contribution in [0, 0.1) is 19.8 Å². The van der Waals surface area contributed by atoms with Crippen molar-refractivity contribution in [1.82, 2.24) is 19.6 Å². The molecule has 1 amide bonds. The summed E-state index contributed by atoms with van der Waals surface area (Å²) in [5.74, 6) is 3.41. The van der Waals surface area contributed by atoms with Crippen molar-refractivity contribution in [2.45, 2.75) is 71.3 Å². The minimum absolute atomic E-state index is 0.233. The van der Waals surface area contributed by atoms with E-state index in [1.807, 2.05) is 24.9 Å². The molecule has 6 heteroatoms. The fourth-order valence-electron chi connectivity index (χ4n) is 4.45. The van der Waals surface area contributed by atoms with Crippen LogP contribution in [-0.4, -0.2) is 38.6 Å². The summed E-state index contributed by atoms with van der Waals surface area (Å²) in [5.41, 5.74) is 1.97. The molecule has 0 N–H and O–H groups in total. The van der Waals surface area contributed by atoms with Crippen LogP contribution in [0.2, 0.25) is 0 Å². The average molecular weight is 370 g/mol. The number of carbonyl (C=O) groups excluding carboxylic acids is 1. The smallest absolute Gasteiger partial charge is 0.222 e. The van der Waals surface area contributed by atoms with Gasteiger partial charge in [0, 0.05) is 49.9 Å². The summed E-state index contributed by atoms with van der Waals surface area (Å²) in [6, 6.07) is 0. The van der Waals surface area contributed by atoms with Crippen LogP contribution in [0.5, 0.6) is 0 Å². The molecule has 1 aliphatic carbocycles. The van der Waals surface area contributed by atoms with E-state index in [9.17, 15) is 4.79 Å². The minimum atomic E-state index is 0.233. The van der Waals surface area contributed by atoms with Gasteiger partial charge >= 0.3 is 0 Å². The Kier molecular flexibility index (Phi) is 5.32. The first-order chi connectivity index (χ1) is 13.1. The molecule has 2 aromatic heterocycles. The third kappa shape index (κ3) is 3.94. The maximum atomic E-state index is 12.8. The molecule has 0 bridgehead atoms. The van der Waals surface area contributed by atoms with Crippen molar-refractivity contribution in [3.05, 3.63) is 35.2 Å². The zero-order chi connectivity index (χ0) is 18.8. The van der Waals surface area contributed by atoms with Gasteiger partial charge in [0.1, 0.15) is 11.6 Å². The summed E-state index contributed by atoms with van der Waals surface area (Å²) < 4.78 is 7.55. The highest BCUT2D eigenvalue weighted by atomic mass is 16.5. The van der Waals surface area contributed by atoms with E-state index < -0.39 is 0 Å². The second-order valence-corrected chi connectivity index (χ2v) is 8.22. The Balaban J connectivity index is 1.36. The van der Waals surface area contributed by atoms with Crippen LogP contribution in [0.15, 0.2) is 16.9 Å². The first kappa shape index (κ1) is 18.3. The lowest BCUT2D eigenvalue weighted by atomic mass is 9.85. The molecule has 1 unspecified atom stereocenters. The second-order valence-electron chi connectivity index (χ2n) is 8.22. The number of hydrogen-bond acceptors (Lipinski definition) is 4. The van der Waals surface area contributed by atoms with Crippen molar-refractivity contribution in [3.8, 4) is 0 Å². The molecule has 0 aromatic carbocycles. The summed E-state index contributed by atoms with van der Waals surface area (Å²) in [7, 11) is 0. The highest BCUT2D eigenvalue weighted by Gasteiger charge is 2.28. The third-order valence-corrected chi connectivity index (χ3v) is 6.34. The monoisotopic (exact) mass is 370 g/mol. The molecule has 1 aliphatic heterocycles. The summed E-state index contributed by atoms with van der Waals surface area (Å²) >= 11 is 0. The highest BCUT2D eigenvalue weighted by molar-refractivity contribution is 5.76. The molecule has 6 nitrogen and oxygen atoms in total. The number of rotatable bonds is 6. The van der Waals surface area contributed by atoms with Gasteiger partial charge in [-0.2, -0.15) is 0 Å². The van der Waals surface area contributed by atoms with Crippen LogP contribution in [-0.2, 0) is 17.8 Å². The van der Waals surface area contributed by atoms with Crippen LogP contribution in [0.1, 0.15) is 67.3 Å². The van der Waals surface area contributed by atoms with E-state index in [4.69, 9.17) is 4.52 Å². The van der Waals surface area contributed by atoms with E-state index in [1.54, 1.807) is 0 Å². The Hall–Kier alpha value is -2.11. The number of imidazole rings is 1. The lowest BCUT2D eigenvalue weighted by molar-refractivity contribution is -0.132. The first-order valence-electron chi connectivity index (χ1n) is 10.3. The quantitative estimate of drug-likeness (QED) is 0.779. The van der Waals surface area contributed by atoms with Crippen molar-refractivity contribution >= 4 is 5.91 Å². The van der Waals surface area contributed by atoms with Gasteiger partial charge in [0.05, 0.1) is 5.69 Å². The molecule has 1 saturated heterocycles. The number of piperidine rings is 1. The first-order valence-corrected chi connectivity index (χ1v) is 10.3. The van der Waals surface area contributed by atoms with Crippen LogP contribution in [0.4, 0.5) is 0 Å². The van der Waals surface area contributed by atoms with Gasteiger partial charge in [0.2, 0.25) is 5.91 Å². The lowest BCUT2D eigenvalue weighted by Crippen LogP contribution is -2.40. The number of carbonyl (C=O) groups is 1. The molecule has 4 rings (SSSR count). The van der Waals surface area contributed by atoms with Gasteiger partial charge in [0.15, 0.2) is 0 Å². The zero-order valence-electron chi connectivity index (χ0n) is 16.5. The molecular formula is C21H30N4O2. The minimum Gasteiger partial charge on any atom is -0.361 e. The van der Waals surface area contributed by atoms with Gasteiger partial charge in [-0.1, -0.05) is 11.6 Å². The summed E-state index contributed by atoms with van der Waals surface area (Å²) in [6.45, 7) is 6.60. The number of hydrogen-bond donors (Lipinski definition) is 0. The molecule has 0 spiro atoms. The second kappa shape index (κ2) is 7.87. The molecular weight excluding hydrogens is 340 g/mol. The molecule has 2 aliphatic rings. The van der Waals surface area contributed by atoms with Gasteiger partial charge in [0.25, 0.3) is 0 Å². The summed E-state index contributed by atoms with van der Waals surface area (Å²) in [4.78, 5) is 19.5. The third-order valence-electron chi connectivity index (χ3n) is 6.34. The molecule has 1 atom stereocenters. The maximum absolute atomic E-state index is 12.8. The number of nitrogens with zero attached hydrogens (tertiary/aromatic N) is 4. The van der Waals surface area contributed by atoms with E-state index in [0.29, 0.717) is 18.8 Å². The fourth-order valence-corrected chi connectivity index (χ4v) is 4.45. The molecule has 2 fully saturated rings. The number of amides is 1. The summed E-state index contributed by atoms with van der Waals surface area (Å²) in [6.07, 6.45) is 11.5. The topological polar surface area (TPSA) is 64.2 Å². The van der Waals surface area contributed by atoms with E-state index in [-0.39, 0.29) is 5.91 Å². The maximum Gasteiger partial charge on any atom is 0.222 e. The van der Waals surface area contributed by atoms with Crippen molar-refractivity contribution in [1.29, 1.82) is 0 Å². The molecule has 2 aromatic rings.